The summed E-state index contributed by atoms with van der Waals surface area (Å²) in [5.74, 6) is -0.993. The van der Waals surface area contributed by atoms with E-state index in [1.165, 1.54) is 4.90 Å². The molecule has 1 heterocycles. The van der Waals surface area contributed by atoms with Gasteiger partial charge in [0.15, 0.2) is 0 Å². The monoisotopic (exact) mass is 286 g/mol. The SMILES string of the molecule is CCC(C)N(CC(=O)O)C(=O)NC1CCOC(C)(C)C1. The van der Waals surface area contributed by atoms with E-state index in [0.717, 1.165) is 19.3 Å². The Bertz CT molecular complexity index is 357. The van der Waals surface area contributed by atoms with E-state index in [1.54, 1.807) is 0 Å². The van der Waals surface area contributed by atoms with Crippen LogP contribution in [0.5, 0.6) is 0 Å². The van der Waals surface area contributed by atoms with E-state index < -0.39 is 5.97 Å². The normalized spacial score (nSPS) is 22.9. The van der Waals surface area contributed by atoms with E-state index in [0.29, 0.717) is 6.61 Å². The van der Waals surface area contributed by atoms with Crippen LogP contribution in [0.4, 0.5) is 4.79 Å². The summed E-state index contributed by atoms with van der Waals surface area (Å²) >= 11 is 0. The molecule has 0 aromatic rings. The van der Waals surface area contributed by atoms with Gasteiger partial charge in [0.2, 0.25) is 0 Å². The molecule has 0 saturated carbocycles. The second-order valence-electron chi connectivity index (χ2n) is 6.03. The van der Waals surface area contributed by atoms with Crippen molar-refractivity contribution < 1.29 is 19.4 Å². The van der Waals surface area contributed by atoms with Crippen LogP contribution in [0.25, 0.3) is 0 Å². The van der Waals surface area contributed by atoms with E-state index in [-0.39, 0.29) is 30.3 Å². The smallest absolute Gasteiger partial charge is 0.323 e. The summed E-state index contributed by atoms with van der Waals surface area (Å²) in [6, 6.07) is -0.366. The zero-order valence-corrected chi connectivity index (χ0v) is 12.8. The molecule has 1 saturated heterocycles. The molecule has 0 aliphatic carbocycles. The number of carbonyl (C=O) groups excluding carboxylic acids is 1. The van der Waals surface area contributed by atoms with Gasteiger partial charge in [-0.3, -0.25) is 4.79 Å². The summed E-state index contributed by atoms with van der Waals surface area (Å²) in [6.07, 6.45) is 2.22. The molecule has 6 heteroatoms. The first-order chi connectivity index (χ1) is 9.25. The molecule has 0 spiro atoms. The number of carboxylic acid groups (broad SMARTS) is 1. The molecule has 0 aromatic heterocycles. The van der Waals surface area contributed by atoms with Gasteiger partial charge in [-0.05, 0) is 40.0 Å². The third kappa shape index (κ3) is 5.00. The van der Waals surface area contributed by atoms with Gasteiger partial charge in [0, 0.05) is 18.7 Å². The lowest BCUT2D eigenvalue weighted by Crippen LogP contribution is -2.53. The van der Waals surface area contributed by atoms with E-state index >= 15 is 0 Å². The summed E-state index contributed by atoms with van der Waals surface area (Å²) in [4.78, 5) is 24.5. The van der Waals surface area contributed by atoms with Crippen molar-refractivity contribution in [2.75, 3.05) is 13.2 Å². The van der Waals surface area contributed by atoms with Crippen LogP contribution in [-0.4, -0.2) is 52.8 Å². The highest BCUT2D eigenvalue weighted by molar-refractivity contribution is 5.80. The minimum absolute atomic E-state index is 0.0339. The zero-order chi connectivity index (χ0) is 15.3. The highest BCUT2D eigenvalue weighted by Crippen LogP contribution is 2.24. The van der Waals surface area contributed by atoms with Gasteiger partial charge < -0.3 is 20.1 Å². The molecule has 1 rings (SSSR count). The predicted molar refractivity (Wildman–Crippen MR) is 75.7 cm³/mol. The third-order valence-corrected chi connectivity index (χ3v) is 3.71. The highest BCUT2D eigenvalue weighted by atomic mass is 16.5. The average Bonchev–Trinajstić information content (AvgIpc) is 2.33. The fraction of sp³-hybridized carbons (Fsp3) is 0.857. The summed E-state index contributed by atoms with van der Waals surface area (Å²) in [5, 5.41) is 11.9. The molecule has 20 heavy (non-hydrogen) atoms. The van der Waals surface area contributed by atoms with Gasteiger partial charge in [-0.15, -0.1) is 0 Å². The van der Waals surface area contributed by atoms with E-state index in [2.05, 4.69) is 5.32 Å². The van der Waals surface area contributed by atoms with Crippen molar-refractivity contribution in [2.45, 2.75) is 64.6 Å². The summed E-state index contributed by atoms with van der Waals surface area (Å²) in [5.41, 5.74) is -0.246. The Labute approximate surface area is 120 Å². The number of urea groups is 1. The van der Waals surface area contributed by atoms with Crippen LogP contribution in [0.3, 0.4) is 0 Å². The van der Waals surface area contributed by atoms with Crippen LogP contribution in [0, 0.1) is 0 Å². The quantitative estimate of drug-likeness (QED) is 0.808. The van der Waals surface area contributed by atoms with E-state index in [9.17, 15) is 9.59 Å². The molecule has 116 valence electrons. The molecule has 0 aromatic carbocycles. The number of hydrogen-bond donors (Lipinski definition) is 2. The first kappa shape index (κ1) is 16.8. The number of rotatable bonds is 5. The van der Waals surface area contributed by atoms with Crippen LogP contribution in [0.15, 0.2) is 0 Å². The van der Waals surface area contributed by atoms with Crippen LogP contribution in [0.1, 0.15) is 47.0 Å². The van der Waals surface area contributed by atoms with Crippen molar-refractivity contribution in [3.63, 3.8) is 0 Å². The molecule has 1 aliphatic heterocycles. The van der Waals surface area contributed by atoms with E-state index in [1.807, 2.05) is 27.7 Å². The summed E-state index contributed by atoms with van der Waals surface area (Å²) in [7, 11) is 0. The predicted octanol–water partition coefficient (Wildman–Crippen LogP) is 1.84. The van der Waals surface area contributed by atoms with Gasteiger partial charge >= 0.3 is 12.0 Å². The number of nitrogens with one attached hydrogen (secondary N) is 1. The van der Waals surface area contributed by atoms with Crippen molar-refractivity contribution in [2.24, 2.45) is 0 Å². The Morgan fingerprint density at radius 3 is 2.65 bits per heavy atom. The first-order valence-corrected chi connectivity index (χ1v) is 7.18. The fourth-order valence-corrected chi connectivity index (χ4v) is 2.41. The Balaban J connectivity index is 2.63. The molecule has 2 unspecified atom stereocenters. The molecule has 0 radical (unpaired) electrons. The molecule has 6 nitrogen and oxygen atoms in total. The Hall–Kier alpha value is -1.30. The van der Waals surface area contributed by atoms with Gasteiger partial charge in [-0.1, -0.05) is 6.92 Å². The Morgan fingerprint density at radius 1 is 1.50 bits per heavy atom. The lowest BCUT2D eigenvalue weighted by Gasteiger charge is -2.37. The zero-order valence-electron chi connectivity index (χ0n) is 12.8. The summed E-state index contributed by atoms with van der Waals surface area (Å²) < 4.78 is 5.61. The van der Waals surface area contributed by atoms with Crippen molar-refractivity contribution >= 4 is 12.0 Å². The van der Waals surface area contributed by atoms with Gasteiger partial charge in [0.25, 0.3) is 0 Å². The standard InChI is InChI=1S/C14H26N2O4/c1-5-10(2)16(9-12(17)18)13(19)15-11-6-7-20-14(3,4)8-11/h10-11H,5-9H2,1-4H3,(H,15,19)(H,17,18). The lowest BCUT2D eigenvalue weighted by atomic mass is 9.94. The van der Waals surface area contributed by atoms with Crippen LogP contribution >= 0.6 is 0 Å². The van der Waals surface area contributed by atoms with Crippen molar-refractivity contribution in [3.8, 4) is 0 Å². The molecule has 2 amide bonds. The number of nitrogens with zero attached hydrogens (tertiary/aromatic N) is 1. The van der Waals surface area contributed by atoms with Gasteiger partial charge in [0.1, 0.15) is 6.54 Å². The summed E-state index contributed by atoms with van der Waals surface area (Å²) in [6.45, 7) is 8.12. The maximum atomic E-state index is 12.3. The molecule has 2 atom stereocenters. The average molecular weight is 286 g/mol. The molecular weight excluding hydrogens is 260 g/mol. The molecule has 2 N–H and O–H groups in total. The fourth-order valence-electron chi connectivity index (χ4n) is 2.41. The lowest BCUT2D eigenvalue weighted by molar-refractivity contribution is -0.138. The molecule has 0 bridgehead atoms. The van der Waals surface area contributed by atoms with Crippen molar-refractivity contribution in [3.05, 3.63) is 0 Å². The van der Waals surface area contributed by atoms with Crippen molar-refractivity contribution in [1.82, 2.24) is 10.2 Å². The van der Waals surface area contributed by atoms with Crippen LogP contribution in [0.2, 0.25) is 0 Å². The minimum Gasteiger partial charge on any atom is -0.480 e. The number of ether oxygens (including phenoxy) is 1. The Kier molecular flexibility index (Phi) is 5.80. The van der Waals surface area contributed by atoms with E-state index in [4.69, 9.17) is 9.84 Å². The van der Waals surface area contributed by atoms with Gasteiger partial charge in [-0.2, -0.15) is 0 Å². The topological polar surface area (TPSA) is 78.9 Å². The van der Waals surface area contributed by atoms with Crippen LogP contribution in [-0.2, 0) is 9.53 Å². The van der Waals surface area contributed by atoms with Gasteiger partial charge in [-0.25, -0.2) is 4.79 Å². The molecule has 1 fully saturated rings. The second kappa shape index (κ2) is 6.92. The maximum Gasteiger partial charge on any atom is 0.323 e. The third-order valence-electron chi connectivity index (χ3n) is 3.71. The Morgan fingerprint density at radius 2 is 2.15 bits per heavy atom. The second-order valence-corrected chi connectivity index (χ2v) is 6.03. The molecular formula is C14H26N2O4. The number of amides is 2. The van der Waals surface area contributed by atoms with Gasteiger partial charge in [0.05, 0.1) is 5.60 Å². The van der Waals surface area contributed by atoms with Crippen LogP contribution < -0.4 is 5.32 Å². The first-order valence-electron chi connectivity index (χ1n) is 7.18. The number of aliphatic carboxylic acids is 1. The minimum atomic E-state index is -0.993. The number of hydrogen-bond acceptors (Lipinski definition) is 3. The number of carbonyl (C=O) groups is 2. The highest BCUT2D eigenvalue weighted by Gasteiger charge is 2.31. The largest absolute Gasteiger partial charge is 0.480 e. The molecule has 1 aliphatic rings. The number of carboxylic acids is 1. The maximum absolute atomic E-state index is 12.3. The van der Waals surface area contributed by atoms with Crippen molar-refractivity contribution in [1.29, 1.82) is 0 Å².